The Bertz CT molecular complexity index is 1890. The van der Waals surface area contributed by atoms with Crippen LogP contribution in [-0.4, -0.2) is 84.7 Å². The van der Waals surface area contributed by atoms with Gasteiger partial charge < -0.3 is 24.6 Å². The van der Waals surface area contributed by atoms with Crippen LogP contribution in [-0.2, 0) is 26.7 Å². The van der Waals surface area contributed by atoms with Crippen LogP contribution in [0.3, 0.4) is 0 Å². The van der Waals surface area contributed by atoms with Crippen molar-refractivity contribution in [1.29, 1.82) is 0 Å². The van der Waals surface area contributed by atoms with Crippen LogP contribution in [0.15, 0.2) is 65.3 Å². The average molecular weight is 651 g/mol. The van der Waals surface area contributed by atoms with Crippen molar-refractivity contribution in [2.45, 2.75) is 48.3 Å². The van der Waals surface area contributed by atoms with Gasteiger partial charge in [-0.25, -0.2) is 13.4 Å². The van der Waals surface area contributed by atoms with Crippen LogP contribution in [0.25, 0.3) is 5.76 Å². The van der Waals surface area contributed by atoms with E-state index in [4.69, 9.17) is 9.47 Å². The van der Waals surface area contributed by atoms with Crippen LogP contribution < -0.4 is 14.8 Å². The molecule has 1 saturated heterocycles. The lowest BCUT2D eigenvalue weighted by molar-refractivity contribution is -0.113. The highest BCUT2D eigenvalue weighted by molar-refractivity contribution is 7.89. The number of nitrogens with zero attached hydrogens (tertiary/aromatic N) is 3. The first-order valence-corrected chi connectivity index (χ1v) is 16.9. The lowest BCUT2D eigenvalue weighted by Gasteiger charge is -2.56. The lowest BCUT2D eigenvalue weighted by Crippen LogP contribution is -2.64. The van der Waals surface area contributed by atoms with Crippen molar-refractivity contribution in [1.82, 2.24) is 14.2 Å². The van der Waals surface area contributed by atoms with Gasteiger partial charge in [-0.05, 0) is 57.1 Å². The molecule has 1 aromatic heterocycles. The quantitative estimate of drug-likeness (QED) is 0.364. The number of hydrogen-bond donors (Lipinski definition) is 3. The van der Waals surface area contributed by atoms with Gasteiger partial charge in [0.1, 0.15) is 12.2 Å². The summed E-state index contributed by atoms with van der Waals surface area (Å²) in [6.07, 6.45) is 7.12. The number of aromatic nitrogens is 1. The van der Waals surface area contributed by atoms with Gasteiger partial charge in [0, 0.05) is 46.6 Å². The number of likely N-dealkylation sites (tertiary alicyclic amines) is 1. The van der Waals surface area contributed by atoms with Crippen molar-refractivity contribution in [2.24, 2.45) is 5.92 Å². The maximum atomic E-state index is 12.5. The highest BCUT2D eigenvalue weighted by atomic mass is 32.2. The highest BCUT2D eigenvalue weighted by Crippen LogP contribution is 2.62. The number of thiazole rings is 1. The third-order valence-electron chi connectivity index (χ3n) is 9.73. The van der Waals surface area contributed by atoms with E-state index < -0.39 is 22.0 Å². The van der Waals surface area contributed by atoms with Crippen molar-refractivity contribution in [3.8, 4) is 11.5 Å². The fourth-order valence-corrected chi connectivity index (χ4v) is 9.70. The molecule has 1 amide bonds. The summed E-state index contributed by atoms with van der Waals surface area (Å²) < 4.78 is 37.6. The second-order valence-electron chi connectivity index (χ2n) is 12.0. The number of carbonyl (C=O) groups is 1. The van der Waals surface area contributed by atoms with Gasteiger partial charge in [-0.3, -0.25) is 14.4 Å². The molecule has 3 N–H and O–H groups in total. The maximum absolute atomic E-state index is 12.5. The average Bonchev–Trinajstić information content (AvgIpc) is 3.60. The van der Waals surface area contributed by atoms with E-state index in [-0.39, 0.29) is 33.4 Å². The topological polar surface area (TPSA) is 142 Å². The Balaban J connectivity index is 0.000000145. The van der Waals surface area contributed by atoms with E-state index in [0.717, 1.165) is 40.1 Å². The second kappa shape index (κ2) is 10.6. The zero-order valence-electron chi connectivity index (χ0n) is 25.2. The molecule has 3 aromatic rings. The molecule has 236 valence electrons. The summed E-state index contributed by atoms with van der Waals surface area (Å²) in [6, 6.07) is 10.7. The van der Waals surface area contributed by atoms with Crippen molar-refractivity contribution in [2.75, 3.05) is 33.1 Å². The standard InChI is InChI=1S/C18H21NO3.C14H13N3O4S2/c1-19-8-7-18-11-4-5-13(20)17(18)22-16-14(21-2)6-3-10(15(16)18)9-12(11)19;1-8-7-15-14(22-8)16-13(19)11-12(18)9-5-3-4-6-10(9)23(20,21)17(11)2/h3-6,11-13,17,20H,7-9H2,1-2H3;3-7,18H,1-2H3,(H,15,16,19)/t11-,12+,13-,17-,18-;/m0./s1. The number of likely N-dealkylation sites (N-methyl/N-ethyl adjacent to an activating group) is 2. The molecular formula is C32H34N4O7S2. The summed E-state index contributed by atoms with van der Waals surface area (Å²) >= 11 is 1.25. The molecule has 1 spiro atoms. The number of aryl methyl sites for hydroxylation is 1. The first kappa shape index (κ1) is 29.8. The lowest BCUT2D eigenvalue weighted by atomic mass is 9.53. The van der Waals surface area contributed by atoms with E-state index in [1.807, 2.05) is 19.1 Å². The molecule has 45 heavy (non-hydrogen) atoms. The third-order valence-corrected chi connectivity index (χ3v) is 12.4. The molecule has 2 aliphatic carbocycles. The summed E-state index contributed by atoms with van der Waals surface area (Å²) in [4.78, 5) is 19.8. The number of aliphatic hydroxyl groups is 2. The van der Waals surface area contributed by atoms with E-state index in [9.17, 15) is 23.4 Å². The van der Waals surface area contributed by atoms with E-state index in [1.165, 1.54) is 41.6 Å². The minimum absolute atomic E-state index is 0.0401. The van der Waals surface area contributed by atoms with Crippen LogP contribution in [0.5, 0.6) is 11.5 Å². The van der Waals surface area contributed by atoms with Crippen LogP contribution in [0.2, 0.25) is 0 Å². The molecule has 8 rings (SSSR count). The van der Waals surface area contributed by atoms with Crippen LogP contribution in [0.1, 0.15) is 28.0 Å². The molecule has 2 bridgehead atoms. The number of anilines is 1. The number of carbonyl (C=O) groups excluding carboxylic acids is 1. The molecule has 2 aromatic carbocycles. The second-order valence-corrected chi connectivity index (χ2v) is 15.2. The van der Waals surface area contributed by atoms with Crippen molar-refractivity contribution in [3.05, 3.63) is 82.0 Å². The van der Waals surface area contributed by atoms with Crippen LogP contribution in [0.4, 0.5) is 5.13 Å². The number of methoxy groups -OCH3 is 1. The Morgan fingerprint density at radius 2 is 1.98 bits per heavy atom. The number of benzene rings is 2. The Hall–Kier alpha value is -3.91. The summed E-state index contributed by atoms with van der Waals surface area (Å²) in [5.74, 6) is 0.966. The molecule has 11 nitrogen and oxygen atoms in total. The van der Waals surface area contributed by atoms with Crippen molar-refractivity contribution < 1.29 is 32.9 Å². The van der Waals surface area contributed by atoms with E-state index >= 15 is 0 Å². The molecule has 1 fully saturated rings. The number of aliphatic hydroxyl groups excluding tert-OH is 2. The van der Waals surface area contributed by atoms with Gasteiger partial charge in [-0.15, -0.1) is 11.3 Å². The Morgan fingerprint density at radius 1 is 1.20 bits per heavy atom. The fourth-order valence-electron chi connectivity index (χ4n) is 7.64. The fraction of sp³-hybridized carbons (Fsp3) is 0.375. The van der Waals surface area contributed by atoms with Gasteiger partial charge in [-0.1, -0.05) is 30.4 Å². The predicted molar refractivity (Wildman–Crippen MR) is 169 cm³/mol. The Kier molecular flexibility index (Phi) is 7.00. The van der Waals surface area contributed by atoms with Gasteiger partial charge in [0.2, 0.25) is 0 Å². The molecule has 4 heterocycles. The highest BCUT2D eigenvalue weighted by Gasteiger charge is 2.64. The number of piperidine rings is 1. The van der Waals surface area contributed by atoms with Gasteiger partial charge in [0.05, 0.1) is 12.0 Å². The maximum Gasteiger partial charge on any atom is 0.278 e. The third kappa shape index (κ3) is 4.32. The monoisotopic (exact) mass is 650 g/mol. The molecular weight excluding hydrogens is 617 g/mol. The Labute approximate surface area is 265 Å². The molecule has 5 aliphatic rings. The SMILES string of the molecule is COc1ccc2c3c1O[C@H]1[C@@H](O)C=C[C@H]4[C@@H](C2)N(C)CC[C@@]341.Cc1cnc(NC(=O)C2=C(O)c3ccccc3S(=O)(=O)N2C)s1. The number of amides is 1. The zero-order valence-corrected chi connectivity index (χ0v) is 26.9. The largest absolute Gasteiger partial charge is 0.505 e. The number of hydrogen-bond acceptors (Lipinski definition) is 10. The van der Waals surface area contributed by atoms with Crippen LogP contribution >= 0.6 is 11.3 Å². The molecule has 0 saturated carbocycles. The normalized spacial score (nSPS) is 28.3. The molecule has 0 radical (unpaired) electrons. The predicted octanol–water partition coefficient (Wildman–Crippen LogP) is 3.45. The summed E-state index contributed by atoms with van der Waals surface area (Å²) in [5.41, 5.74) is 2.37. The van der Waals surface area contributed by atoms with E-state index in [0.29, 0.717) is 17.1 Å². The van der Waals surface area contributed by atoms with E-state index in [2.05, 4.69) is 34.4 Å². The molecule has 3 aliphatic heterocycles. The first-order valence-electron chi connectivity index (χ1n) is 14.7. The minimum atomic E-state index is -3.90. The molecule has 0 unspecified atom stereocenters. The van der Waals surface area contributed by atoms with Gasteiger partial charge >= 0.3 is 0 Å². The molecule has 5 atom stereocenters. The summed E-state index contributed by atoms with van der Waals surface area (Å²) in [7, 11) is 1.24. The zero-order chi connectivity index (χ0) is 31.8. The van der Waals surface area contributed by atoms with Gasteiger partial charge in [0.15, 0.2) is 28.1 Å². The summed E-state index contributed by atoms with van der Waals surface area (Å²) in [6.45, 7) is 2.88. The number of fused-ring (bicyclic) bond motifs is 1. The number of nitrogens with one attached hydrogen (secondary N) is 1. The smallest absolute Gasteiger partial charge is 0.278 e. The number of rotatable bonds is 3. The van der Waals surface area contributed by atoms with Crippen molar-refractivity contribution >= 4 is 38.2 Å². The Morgan fingerprint density at radius 3 is 2.71 bits per heavy atom. The van der Waals surface area contributed by atoms with Gasteiger partial charge in [-0.2, -0.15) is 0 Å². The van der Waals surface area contributed by atoms with Gasteiger partial charge in [0.25, 0.3) is 15.9 Å². The van der Waals surface area contributed by atoms with Crippen LogP contribution in [0, 0.1) is 12.8 Å². The number of ether oxygens (including phenoxy) is 2. The number of sulfonamides is 1. The van der Waals surface area contributed by atoms with E-state index in [1.54, 1.807) is 25.4 Å². The van der Waals surface area contributed by atoms with Crippen molar-refractivity contribution in [3.63, 3.8) is 0 Å². The summed E-state index contributed by atoms with van der Waals surface area (Å²) in [5, 5.41) is 23.8. The first-order chi connectivity index (χ1) is 21.5. The molecule has 13 heteroatoms. The minimum Gasteiger partial charge on any atom is -0.505 e.